The highest BCUT2D eigenvalue weighted by molar-refractivity contribution is 6.36. The number of amides is 2. The van der Waals surface area contributed by atoms with Crippen molar-refractivity contribution >= 4 is 46.6 Å². The van der Waals surface area contributed by atoms with E-state index in [-0.39, 0.29) is 22.2 Å². The molecule has 2 aliphatic carbocycles. The number of rotatable bonds is 2. The lowest BCUT2D eigenvalue weighted by Crippen LogP contribution is -2.52. The summed E-state index contributed by atoms with van der Waals surface area (Å²) < 4.78 is 6.27. The number of nitrogens with zero attached hydrogens (tertiary/aromatic N) is 1. The van der Waals surface area contributed by atoms with Crippen LogP contribution in [0.2, 0.25) is 10.0 Å². The van der Waals surface area contributed by atoms with Crippen LogP contribution in [0, 0.1) is 11.8 Å². The fraction of sp³-hybridized carbons (Fsp3) is 0.385. The summed E-state index contributed by atoms with van der Waals surface area (Å²) in [6, 6.07) is 11.0. The summed E-state index contributed by atoms with van der Waals surface area (Å²) in [4.78, 5) is 56.5. The van der Waals surface area contributed by atoms with Crippen LogP contribution in [0.5, 0.6) is 0 Å². The van der Waals surface area contributed by atoms with Crippen LogP contribution in [0.1, 0.15) is 64.5 Å². The number of ketones is 2. The van der Waals surface area contributed by atoms with E-state index in [1.807, 2.05) is 0 Å². The Bertz CT molecular complexity index is 1230. The fourth-order valence-corrected chi connectivity index (χ4v) is 6.77. The molecule has 2 saturated heterocycles. The molecule has 8 heteroatoms. The molecule has 34 heavy (non-hydrogen) atoms. The Morgan fingerprint density at radius 2 is 1.50 bits per heavy atom. The van der Waals surface area contributed by atoms with Crippen LogP contribution in [0.15, 0.2) is 42.5 Å². The number of benzene rings is 2. The molecule has 4 aliphatic rings. The number of carbonyl (C=O) groups excluding carboxylic acids is 4. The highest BCUT2D eigenvalue weighted by Gasteiger charge is 2.75. The Hall–Kier alpha value is -2.54. The van der Waals surface area contributed by atoms with Gasteiger partial charge in [0.2, 0.25) is 29.0 Å². The smallest absolute Gasteiger partial charge is 0.237 e. The van der Waals surface area contributed by atoms with Gasteiger partial charge in [0.25, 0.3) is 0 Å². The summed E-state index contributed by atoms with van der Waals surface area (Å²) in [5.41, 5.74) is -1.21. The molecule has 3 unspecified atom stereocenters. The van der Waals surface area contributed by atoms with Gasteiger partial charge in [0.15, 0.2) is 0 Å². The van der Waals surface area contributed by atoms with Crippen LogP contribution in [0.25, 0.3) is 0 Å². The number of fused-ring (bicyclic) bond motifs is 3. The van der Waals surface area contributed by atoms with Crippen molar-refractivity contribution in [1.82, 2.24) is 4.90 Å². The lowest BCUT2D eigenvalue weighted by Gasteiger charge is -2.33. The molecule has 2 amide bonds. The number of imide groups is 1. The average Bonchev–Trinajstić information content (AvgIpc) is 3.40. The van der Waals surface area contributed by atoms with E-state index in [1.54, 1.807) is 36.4 Å². The summed E-state index contributed by atoms with van der Waals surface area (Å²) in [5, 5.41) is 0.649. The van der Waals surface area contributed by atoms with Gasteiger partial charge in [0.05, 0.1) is 17.9 Å². The Morgan fingerprint density at radius 1 is 0.853 bits per heavy atom. The fourth-order valence-electron chi connectivity index (χ4n) is 6.25. The van der Waals surface area contributed by atoms with E-state index in [0.29, 0.717) is 10.6 Å². The molecule has 1 spiro atoms. The van der Waals surface area contributed by atoms with Gasteiger partial charge in [-0.05, 0) is 25.0 Å². The van der Waals surface area contributed by atoms with Gasteiger partial charge in [-0.3, -0.25) is 24.1 Å². The van der Waals surface area contributed by atoms with Gasteiger partial charge in [-0.1, -0.05) is 72.8 Å². The quantitative estimate of drug-likeness (QED) is 0.438. The average molecular weight is 498 g/mol. The Balaban J connectivity index is 1.52. The molecular formula is C26H21Cl2NO5. The first-order chi connectivity index (χ1) is 16.4. The largest absolute Gasteiger partial charge is 0.349 e. The third-order valence-electron chi connectivity index (χ3n) is 7.76. The van der Waals surface area contributed by atoms with Crippen molar-refractivity contribution in [2.24, 2.45) is 11.8 Å². The van der Waals surface area contributed by atoms with E-state index < -0.39 is 46.9 Å². The summed E-state index contributed by atoms with van der Waals surface area (Å²) in [7, 11) is 0. The molecular weight excluding hydrogens is 477 g/mol. The Morgan fingerprint density at radius 3 is 2.12 bits per heavy atom. The zero-order valence-electron chi connectivity index (χ0n) is 18.1. The Kier molecular flexibility index (Phi) is 5.00. The standard InChI is InChI=1S/C26H21Cl2NO5/c27-13-10-11-17(18(28)12-13)21-19-20(25(33)29(24(19)32)14-6-2-1-3-7-14)26(34-21)22(30)15-8-4-5-9-16(15)23(26)31/h4-5,8-12,14,19-21H,1-3,6-7H2. The van der Waals surface area contributed by atoms with E-state index in [4.69, 9.17) is 27.9 Å². The van der Waals surface area contributed by atoms with Gasteiger partial charge >= 0.3 is 0 Å². The van der Waals surface area contributed by atoms with E-state index >= 15 is 0 Å². The first-order valence-corrected chi connectivity index (χ1v) is 12.3. The van der Waals surface area contributed by atoms with E-state index in [0.717, 1.165) is 32.1 Å². The zero-order chi connectivity index (χ0) is 23.8. The third kappa shape index (κ3) is 2.79. The highest BCUT2D eigenvalue weighted by Crippen LogP contribution is 2.58. The van der Waals surface area contributed by atoms with Crippen LogP contribution in [-0.4, -0.2) is 39.9 Å². The zero-order valence-corrected chi connectivity index (χ0v) is 19.6. The molecule has 0 aromatic heterocycles. The molecule has 6 nitrogen and oxygen atoms in total. The molecule has 2 aliphatic heterocycles. The van der Waals surface area contributed by atoms with Gasteiger partial charge in [0, 0.05) is 32.8 Å². The first-order valence-electron chi connectivity index (χ1n) is 11.5. The molecule has 0 radical (unpaired) electrons. The summed E-state index contributed by atoms with van der Waals surface area (Å²) >= 11 is 12.6. The second-order valence-electron chi connectivity index (χ2n) is 9.49. The second kappa shape index (κ2) is 7.74. The van der Waals surface area contributed by atoms with Crippen LogP contribution in [-0.2, 0) is 14.3 Å². The second-order valence-corrected chi connectivity index (χ2v) is 10.3. The molecule has 0 bridgehead atoms. The number of likely N-dealkylation sites (tertiary alicyclic amines) is 1. The lowest BCUT2D eigenvalue weighted by molar-refractivity contribution is -0.148. The van der Waals surface area contributed by atoms with Crippen molar-refractivity contribution in [3.63, 3.8) is 0 Å². The minimum Gasteiger partial charge on any atom is -0.349 e. The Labute approximate surface area is 206 Å². The maximum atomic E-state index is 13.9. The predicted molar refractivity (Wildman–Crippen MR) is 124 cm³/mol. The molecule has 6 rings (SSSR count). The number of hydrogen-bond donors (Lipinski definition) is 0. The van der Waals surface area contributed by atoms with Crippen molar-refractivity contribution in [3.05, 3.63) is 69.2 Å². The van der Waals surface area contributed by atoms with Crippen LogP contribution >= 0.6 is 23.2 Å². The number of halogens is 2. The molecule has 2 aromatic rings. The topological polar surface area (TPSA) is 80.8 Å². The van der Waals surface area contributed by atoms with Gasteiger partial charge in [-0.2, -0.15) is 0 Å². The minimum absolute atomic E-state index is 0.213. The number of Topliss-reactive ketones (excluding diaryl/α,β-unsaturated/α-hetero) is 2. The summed E-state index contributed by atoms with van der Waals surface area (Å²) in [6.07, 6.45) is 3.32. The van der Waals surface area contributed by atoms with E-state index in [9.17, 15) is 19.2 Å². The van der Waals surface area contributed by atoms with Gasteiger partial charge in [-0.15, -0.1) is 0 Å². The maximum absolute atomic E-state index is 13.9. The summed E-state index contributed by atoms with van der Waals surface area (Å²) in [6.45, 7) is 0. The van der Waals surface area contributed by atoms with Crippen molar-refractivity contribution in [2.45, 2.75) is 49.9 Å². The van der Waals surface area contributed by atoms with E-state index in [1.165, 1.54) is 11.0 Å². The molecule has 3 fully saturated rings. The molecule has 1 saturated carbocycles. The maximum Gasteiger partial charge on any atom is 0.237 e. The molecule has 2 aromatic carbocycles. The monoisotopic (exact) mass is 497 g/mol. The van der Waals surface area contributed by atoms with Crippen molar-refractivity contribution in [2.75, 3.05) is 0 Å². The normalized spacial score (nSPS) is 28.2. The first kappa shape index (κ1) is 22.0. The minimum atomic E-state index is -2.07. The van der Waals surface area contributed by atoms with Crippen molar-refractivity contribution in [3.8, 4) is 0 Å². The van der Waals surface area contributed by atoms with Crippen molar-refractivity contribution < 1.29 is 23.9 Å². The van der Waals surface area contributed by atoms with Crippen LogP contribution in [0.4, 0.5) is 0 Å². The summed E-state index contributed by atoms with van der Waals surface area (Å²) in [5.74, 6) is -4.28. The van der Waals surface area contributed by atoms with Crippen LogP contribution in [0.3, 0.4) is 0 Å². The predicted octanol–water partition coefficient (Wildman–Crippen LogP) is 4.82. The lowest BCUT2D eigenvalue weighted by atomic mass is 9.77. The van der Waals surface area contributed by atoms with Crippen molar-refractivity contribution in [1.29, 1.82) is 0 Å². The number of hydrogen-bond acceptors (Lipinski definition) is 5. The molecule has 174 valence electrons. The molecule has 0 N–H and O–H groups in total. The highest BCUT2D eigenvalue weighted by atomic mass is 35.5. The third-order valence-corrected chi connectivity index (χ3v) is 8.32. The molecule has 2 heterocycles. The van der Waals surface area contributed by atoms with Gasteiger partial charge in [0.1, 0.15) is 0 Å². The van der Waals surface area contributed by atoms with Gasteiger partial charge in [-0.25, -0.2) is 0 Å². The van der Waals surface area contributed by atoms with E-state index in [2.05, 4.69) is 0 Å². The SMILES string of the molecule is O=C1C2C(c3ccc(Cl)cc3Cl)OC3(C(=O)c4ccccc4C3=O)C2C(=O)N1C1CCCCC1. The molecule has 3 atom stereocenters. The van der Waals surface area contributed by atoms with Crippen LogP contribution < -0.4 is 0 Å². The number of carbonyl (C=O) groups is 4. The number of ether oxygens (including phenoxy) is 1. The van der Waals surface area contributed by atoms with Gasteiger partial charge < -0.3 is 4.74 Å².